The highest BCUT2D eigenvalue weighted by molar-refractivity contribution is 5.92. The van der Waals surface area contributed by atoms with Gasteiger partial charge in [0.05, 0.1) is 13.2 Å². The third kappa shape index (κ3) is 5.80. The Bertz CT molecular complexity index is 1200. The number of carbonyl (C=O) groups excluding carboxylic acids is 1. The summed E-state index contributed by atoms with van der Waals surface area (Å²) in [5.41, 5.74) is 4.37. The first kappa shape index (κ1) is 23.0. The van der Waals surface area contributed by atoms with E-state index in [0.29, 0.717) is 25.3 Å². The molecule has 0 radical (unpaired) electrons. The number of benzene rings is 2. The van der Waals surface area contributed by atoms with Crippen molar-refractivity contribution in [3.63, 3.8) is 0 Å². The standard InChI is InChI=1S/C26H31N3O4/c1-4-32-22-7-8-24-23(15-22)20(14-26(31)33-24)16-28-9-11-29(12-10-28)17-25(30)27-21-6-5-18(2)19(3)13-21/h5-8,13-15H,4,9-12,16-17H2,1-3H3,(H,27,30). The zero-order chi connectivity index (χ0) is 23.4. The van der Waals surface area contributed by atoms with Crippen LogP contribution in [0.1, 0.15) is 23.6 Å². The van der Waals surface area contributed by atoms with Crippen molar-refractivity contribution in [1.29, 1.82) is 0 Å². The molecule has 1 fully saturated rings. The van der Waals surface area contributed by atoms with Gasteiger partial charge in [0, 0.05) is 49.9 Å². The van der Waals surface area contributed by atoms with Crippen molar-refractivity contribution in [2.24, 2.45) is 0 Å². The summed E-state index contributed by atoms with van der Waals surface area (Å²) >= 11 is 0. The lowest BCUT2D eigenvalue weighted by molar-refractivity contribution is -0.117. The molecule has 0 bridgehead atoms. The average molecular weight is 450 g/mol. The Balaban J connectivity index is 1.35. The number of rotatable bonds is 7. The van der Waals surface area contributed by atoms with Gasteiger partial charge in [-0.2, -0.15) is 0 Å². The molecule has 3 aromatic rings. The van der Waals surface area contributed by atoms with E-state index < -0.39 is 0 Å². The number of amides is 1. The monoisotopic (exact) mass is 449 g/mol. The predicted molar refractivity (Wildman–Crippen MR) is 130 cm³/mol. The number of fused-ring (bicyclic) bond motifs is 1. The molecule has 33 heavy (non-hydrogen) atoms. The Morgan fingerprint density at radius 1 is 1.00 bits per heavy atom. The average Bonchev–Trinajstić information content (AvgIpc) is 2.78. The van der Waals surface area contributed by atoms with E-state index in [0.717, 1.165) is 54.1 Å². The van der Waals surface area contributed by atoms with Crippen molar-refractivity contribution in [3.8, 4) is 5.75 Å². The Morgan fingerprint density at radius 2 is 1.76 bits per heavy atom. The summed E-state index contributed by atoms with van der Waals surface area (Å²) in [6.45, 7) is 10.9. The van der Waals surface area contributed by atoms with Crippen molar-refractivity contribution in [1.82, 2.24) is 9.80 Å². The lowest BCUT2D eigenvalue weighted by Gasteiger charge is -2.34. The van der Waals surface area contributed by atoms with Crippen LogP contribution in [-0.2, 0) is 11.3 Å². The molecule has 0 saturated carbocycles. The molecule has 2 heterocycles. The minimum atomic E-state index is -0.344. The van der Waals surface area contributed by atoms with Gasteiger partial charge in [-0.3, -0.25) is 14.6 Å². The number of piperazine rings is 1. The maximum Gasteiger partial charge on any atom is 0.336 e. The van der Waals surface area contributed by atoms with Crippen LogP contribution in [0.4, 0.5) is 5.69 Å². The molecule has 0 spiro atoms. The molecular weight excluding hydrogens is 418 g/mol. The van der Waals surface area contributed by atoms with E-state index in [1.54, 1.807) is 12.1 Å². The van der Waals surface area contributed by atoms with Crippen LogP contribution in [-0.4, -0.2) is 55.0 Å². The normalized spacial score (nSPS) is 15.0. The maximum atomic E-state index is 12.5. The van der Waals surface area contributed by atoms with Crippen LogP contribution >= 0.6 is 0 Å². The molecule has 7 heteroatoms. The molecular formula is C26H31N3O4. The molecule has 0 aliphatic carbocycles. The molecule has 0 unspecified atom stereocenters. The molecule has 1 saturated heterocycles. The van der Waals surface area contributed by atoms with Gasteiger partial charge >= 0.3 is 5.63 Å². The fourth-order valence-electron chi connectivity index (χ4n) is 4.16. The first-order chi connectivity index (χ1) is 15.9. The number of anilines is 1. The highest BCUT2D eigenvalue weighted by Gasteiger charge is 2.20. The quantitative estimate of drug-likeness (QED) is 0.556. The highest BCUT2D eigenvalue weighted by Crippen LogP contribution is 2.24. The molecule has 1 aromatic heterocycles. The second kappa shape index (κ2) is 10.2. The summed E-state index contributed by atoms with van der Waals surface area (Å²) in [6.07, 6.45) is 0. The second-order valence-electron chi connectivity index (χ2n) is 8.58. The number of hydrogen-bond acceptors (Lipinski definition) is 6. The van der Waals surface area contributed by atoms with Crippen molar-refractivity contribution >= 4 is 22.6 Å². The summed E-state index contributed by atoms with van der Waals surface area (Å²) in [5, 5.41) is 3.90. The van der Waals surface area contributed by atoms with Crippen LogP contribution in [0.5, 0.6) is 5.75 Å². The van der Waals surface area contributed by atoms with Gasteiger partial charge in [0.25, 0.3) is 0 Å². The van der Waals surface area contributed by atoms with E-state index in [1.165, 1.54) is 5.56 Å². The van der Waals surface area contributed by atoms with Crippen molar-refractivity contribution < 1.29 is 13.9 Å². The minimum Gasteiger partial charge on any atom is -0.494 e. The Hall–Kier alpha value is -3.16. The largest absolute Gasteiger partial charge is 0.494 e. The summed E-state index contributed by atoms with van der Waals surface area (Å²) < 4.78 is 11.0. The van der Waals surface area contributed by atoms with Gasteiger partial charge in [0.15, 0.2) is 0 Å². The van der Waals surface area contributed by atoms with Gasteiger partial charge in [-0.25, -0.2) is 4.79 Å². The number of carbonyl (C=O) groups is 1. The van der Waals surface area contributed by atoms with Crippen molar-refractivity contribution in [2.75, 3.05) is 44.6 Å². The van der Waals surface area contributed by atoms with E-state index in [9.17, 15) is 9.59 Å². The number of nitrogens with one attached hydrogen (secondary N) is 1. The van der Waals surface area contributed by atoms with E-state index >= 15 is 0 Å². The molecule has 2 aromatic carbocycles. The van der Waals surface area contributed by atoms with Crippen LogP contribution in [0.3, 0.4) is 0 Å². The van der Waals surface area contributed by atoms with E-state index in [-0.39, 0.29) is 11.5 Å². The number of hydrogen-bond donors (Lipinski definition) is 1. The lowest BCUT2D eigenvalue weighted by Crippen LogP contribution is -2.48. The Kier molecular flexibility index (Phi) is 7.11. The number of nitrogens with zero attached hydrogens (tertiary/aromatic N) is 2. The molecule has 1 aliphatic rings. The summed E-state index contributed by atoms with van der Waals surface area (Å²) in [7, 11) is 0. The zero-order valence-electron chi connectivity index (χ0n) is 19.5. The second-order valence-corrected chi connectivity index (χ2v) is 8.58. The fraction of sp³-hybridized carbons (Fsp3) is 0.385. The van der Waals surface area contributed by atoms with Crippen LogP contribution < -0.4 is 15.7 Å². The highest BCUT2D eigenvalue weighted by atomic mass is 16.5. The Labute approximate surface area is 193 Å². The van der Waals surface area contributed by atoms with Crippen LogP contribution in [0.25, 0.3) is 11.0 Å². The van der Waals surface area contributed by atoms with Gasteiger partial charge in [0.2, 0.25) is 5.91 Å². The summed E-state index contributed by atoms with van der Waals surface area (Å²) in [6, 6.07) is 13.1. The van der Waals surface area contributed by atoms with Gasteiger partial charge < -0.3 is 14.5 Å². The smallest absolute Gasteiger partial charge is 0.336 e. The van der Waals surface area contributed by atoms with Gasteiger partial charge in [-0.05, 0) is 67.8 Å². The predicted octanol–water partition coefficient (Wildman–Crippen LogP) is 3.56. The van der Waals surface area contributed by atoms with Crippen LogP contribution in [0.2, 0.25) is 0 Å². The molecule has 1 amide bonds. The van der Waals surface area contributed by atoms with E-state index in [1.807, 2.05) is 44.2 Å². The number of aryl methyl sites for hydroxylation is 2. The molecule has 4 rings (SSSR count). The first-order valence-corrected chi connectivity index (χ1v) is 11.4. The number of ether oxygens (including phenoxy) is 1. The molecule has 174 valence electrons. The van der Waals surface area contributed by atoms with E-state index in [4.69, 9.17) is 9.15 Å². The molecule has 7 nitrogen and oxygen atoms in total. The molecule has 1 aliphatic heterocycles. The molecule has 1 N–H and O–H groups in total. The van der Waals surface area contributed by atoms with Gasteiger partial charge in [-0.1, -0.05) is 6.07 Å². The van der Waals surface area contributed by atoms with Crippen molar-refractivity contribution in [3.05, 3.63) is 69.6 Å². The lowest BCUT2D eigenvalue weighted by atomic mass is 10.1. The summed E-state index contributed by atoms with van der Waals surface area (Å²) in [5.74, 6) is 0.765. The fourth-order valence-corrected chi connectivity index (χ4v) is 4.16. The SMILES string of the molecule is CCOc1ccc2oc(=O)cc(CN3CCN(CC(=O)Nc4ccc(C)c(C)c4)CC3)c2c1. The van der Waals surface area contributed by atoms with E-state index in [2.05, 4.69) is 22.0 Å². The topological polar surface area (TPSA) is 75.0 Å². The third-order valence-electron chi connectivity index (χ3n) is 6.13. The zero-order valence-corrected chi connectivity index (χ0v) is 19.5. The van der Waals surface area contributed by atoms with Gasteiger partial charge in [0.1, 0.15) is 11.3 Å². The summed E-state index contributed by atoms with van der Waals surface area (Å²) in [4.78, 5) is 29.0. The maximum absolute atomic E-state index is 12.5. The van der Waals surface area contributed by atoms with Crippen LogP contribution in [0.15, 0.2) is 51.7 Å². The third-order valence-corrected chi connectivity index (χ3v) is 6.13. The molecule has 0 atom stereocenters. The van der Waals surface area contributed by atoms with Gasteiger partial charge in [-0.15, -0.1) is 0 Å². The first-order valence-electron chi connectivity index (χ1n) is 11.4. The Morgan fingerprint density at radius 3 is 2.48 bits per heavy atom. The van der Waals surface area contributed by atoms with Crippen molar-refractivity contribution in [2.45, 2.75) is 27.3 Å². The minimum absolute atomic E-state index is 0.00168. The van der Waals surface area contributed by atoms with Crippen LogP contribution in [0, 0.1) is 13.8 Å².